The fourth-order valence-corrected chi connectivity index (χ4v) is 5.96. The van der Waals surface area contributed by atoms with E-state index in [-0.39, 0.29) is 5.78 Å². The second-order valence-electron chi connectivity index (χ2n) is 7.16. The SMILES string of the molecule is Cc1sc2ncnc(S[C@@H](C(=O)c3c[nH]c4ccccc34)c3ccccc3)c2c1C. The van der Waals surface area contributed by atoms with Gasteiger partial charge >= 0.3 is 0 Å². The molecule has 0 spiro atoms. The number of carbonyl (C=O) groups excluding carboxylic acids is 1. The Labute approximate surface area is 182 Å². The molecule has 0 unspecified atom stereocenters. The van der Waals surface area contributed by atoms with Crippen LogP contribution < -0.4 is 0 Å². The summed E-state index contributed by atoms with van der Waals surface area (Å²) in [4.78, 5) is 28.2. The van der Waals surface area contributed by atoms with Gasteiger partial charge in [-0.15, -0.1) is 11.3 Å². The zero-order valence-electron chi connectivity index (χ0n) is 16.5. The summed E-state index contributed by atoms with van der Waals surface area (Å²) in [5, 5.41) is 2.45. The van der Waals surface area contributed by atoms with E-state index in [1.807, 2.05) is 60.8 Å². The minimum absolute atomic E-state index is 0.0695. The quantitative estimate of drug-likeness (QED) is 0.197. The number of nitrogens with zero attached hydrogens (tertiary/aromatic N) is 2. The summed E-state index contributed by atoms with van der Waals surface area (Å²) in [5.74, 6) is 0.0695. The first-order chi connectivity index (χ1) is 14.6. The molecule has 3 aromatic heterocycles. The van der Waals surface area contributed by atoms with Crippen LogP contribution in [0.15, 0.2) is 72.1 Å². The van der Waals surface area contributed by atoms with Crippen LogP contribution in [0.1, 0.15) is 31.6 Å². The van der Waals surface area contributed by atoms with Crippen molar-refractivity contribution in [2.75, 3.05) is 0 Å². The predicted molar refractivity (Wildman–Crippen MR) is 125 cm³/mol. The van der Waals surface area contributed by atoms with Crippen LogP contribution >= 0.6 is 23.1 Å². The molecule has 4 nitrogen and oxygen atoms in total. The van der Waals surface area contributed by atoms with Crippen LogP contribution in [-0.4, -0.2) is 20.7 Å². The number of carbonyl (C=O) groups is 1. The number of ketones is 1. The Balaban J connectivity index is 1.63. The lowest BCUT2D eigenvalue weighted by molar-refractivity contribution is 0.0991. The number of thioether (sulfide) groups is 1. The molecule has 0 saturated heterocycles. The molecule has 0 saturated carbocycles. The number of aryl methyl sites for hydroxylation is 2. The van der Waals surface area contributed by atoms with Gasteiger partial charge in [0.2, 0.25) is 0 Å². The monoisotopic (exact) mass is 429 g/mol. The fourth-order valence-electron chi connectivity index (χ4n) is 3.67. The number of Topliss-reactive ketones (excluding diaryl/α,β-unsaturated/α-hetero) is 1. The van der Waals surface area contributed by atoms with Crippen LogP contribution in [0.5, 0.6) is 0 Å². The first-order valence-electron chi connectivity index (χ1n) is 9.66. The summed E-state index contributed by atoms with van der Waals surface area (Å²) in [5.41, 5.74) is 3.82. The van der Waals surface area contributed by atoms with Crippen LogP contribution in [0, 0.1) is 13.8 Å². The van der Waals surface area contributed by atoms with Gasteiger partial charge in [-0.2, -0.15) is 0 Å². The number of rotatable bonds is 5. The summed E-state index contributed by atoms with van der Waals surface area (Å²) >= 11 is 3.18. The lowest BCUT2D eigenvalue weighted by Gasteiger charge is -2.16. The summed E-state index contributed by atoms with van der Waals surface area (Å²) in [6, 6.07) is 17.8. The van der Waals surface area contributed by atoms with Crippen molar-refractivity contribution < 1.29 is 4.79 Å². The Morgan fingerprint density at radius 2 is 1.80 bits per heavy atom. The molecule has 0 fully saturated rings. The number of para-hydroxylation sites is 1. The van der Waals surface area contributed by atoms with E-state index in [0.29, 0.717) is 5.56 Å². The Kier molecular flexibility index (Phi) is 4.89. The highest BCUT2D eigenvalue weighted by molar-refractivity contribution is 8.00. The highest BCUT2D eigenvalue weighted by Gasteiger charge is 2.27. The van der Waals surface area contributed by atoms with E-state index in [1.165, 1.54) is 22.2 Å². The number of benzene rings is 2. The van der Waals surface area contributed by atoms with Crippen LogP contribution in [0.2, 0.25) is 0 Å². The summed E-state index contributed by atoms with van der Waals surface area (Å²) in [6.45, 7) is 4.20. The molecule has 2 aromatic carbocycles. The molecule has 148 valence electrons. The maximum atomic E-state index is 13.8. The molecule has 1 atom stereocenters. The van der Waals surface area contributed by atoms with E-state index in [9.17, 15) is 4.79 Å². The number of aromatic nitrogens is 3. The van der Waals surface area contributed by atoms with Gasteiger partial charge < -0.3 is 4.98 Å². The molecule has 6 heteroatoms. The average Bonchev–Trinajstić information content (AvgIpc) is 3.33. The molecule has 0 bridgehead atoms. The summed E-state index contributed by atoms with van der Waals surface area (Å²) in [6.07, 6.45) is 3.41. The Bertz CT molecular complexity index is 1370. The van der Waals surface area contributed by atoms with Crippen molar-refractivity contribution in [2.24, 2.45) is 0 Å². The highest BCUT2D eigenvalue weighted by Crippen LogP contribution is 2.42. The van der Waals surface area contributed by atoms with Gasteiger partial charge in [-0.1, -0.05) is 60.3 Å². The molecule has 0 aliphatic rings. The van der Waals surface area contributed by atoms with Crippen molar-refractivity contribution in [1.82, 2.24) is 15.0 Å². The largest absolute Gasteiger partial charge is 0.360 e. The van der Waals surface area contributed by atoms with Crippen molar-refractivity contribution in [3.05, 3.63) is 88.7 Å². The molecule has 0 amide bonds. The molecule has 3 heterocycles. The summed E-state index contributed by atoms with van der Waals surface area (Å²) < 4.78 is 0. The Morgan fingerprint density at radius 1 is 1.03 bits per heavy atom. The molecule has 0 aliphatic carbocycles. The zero-order valence-corrected chi connectivity index (χ0v) is 18.2. The van der Waals surface area contributed by atoms with Crippen molar-refractivity contribution in [3.63, 3.8) is 0 Å². The lowest BCUT2D eigenvalue weighted by Crippen LogP contribution is -2.10. The third kappa shape index (κ3) is 3.22. The molecule has 5 aromatic rings. The molecular weight excluding hydrogens is 410 g/mol. The number of hydrogen-bond donors (Lipinski definition) is 1. The van der Waals surface area contributed by atoms with Gasteiger partial charge in [-0.3, -0.25) is 4.79 Å². The number of H-pyrrole nitrogens is 1. The number of aromatic amines is 1. The van der Waals surface area contributed by atoms with Gasteiger partial charge in [0, 0.05) is 32.9 Å². The first kappa shape index (κ1) is 19.0. The van der Waals surface area contributed by atoms with E-state index in [0.717, 1.165) is 31.7 Å². The Morgan fingerprint density at radius 3 is 2.63 bits per heavy atom. The van der Waals surface area contributed by atoms with Gasteiger partial charge in [0.25, 0.3) is 0 Å². The number of hydrogen-bond acceptors (Lipinski definition) is 5. The van der Waals surface area contributed by atoms with Crippen molar-refractivity contribution in [3.8, 4) is 0 Å². The van der Waals surface area contributed by atoms with Gasteiger partial charge in [0.1, 0.15) is 16.2 Å². The normalized spacial score (nSPS) is 12.5. The maximum Gasteiger partial charge on any atom is 0.182 e. The molecule has 0 aliphatic heterocycles. The molecule has 5 rings (SSSR count). The smallest absolute Gasteiger partial charge is 0.182 e. The van der Waals surface area contributed by atoms with E-state index in [4.69, 9.17) is 0 Å². The first-order valence-corrected chi connectivity index (χ1v) is 11.4. The van der Waals surface area contributed by atoms with E-state index >= 15 is 0 Å². The van der Waals surface area contributed by atoms with Crippen LogP contribution in [0.4, 0.5) is 0 Å². The van der Waals surface area contributed by atoms with Gasteiger partial charge in [-0.05, 0) is 31.0 Å². The number of fused-ring (bicyclic) bond motifs is 2. The van der Waals surface area contributed by atoms with Gasteiger partial charge in [-0.25, -0.2) is 9.97 Å². The van der Waals surface area contributed by atoms with Crippen LogP contribution in [-0.2, 0) is 0 Å². The van der Waals surface area contributed by atoms with E-state index in [2.05, 4.69) is 28.8 Å². The maximum absolute atomic E-state index is 13.8. The highest BCUT2D eigenvalue weighted by atomic mass is 32.2. The molecule has 0 radical (unpaired) electrons. The van der Waals surface area contributed by atoms with Gasteiger partial charge in [0.05, 0.1) is 5.25 Å². The second-order valence-corrected chi connectivity index (χ2v) is 9.46. The molecule has 1 N–H and O–H groups in total. The van der Waals surface area contributed by atoms with E-state index in [1.54, 1.807) is 17.7 Å². The predicted octanol–water partition coefficient (Wildman–Crippen LogP) is 6.51. The summed E-state index contributed by atoms with van der Waals surface area (Å²) in [7, 11) is 0. The lowest BCUT2D eigenvalue weighted by atomic mass is 10.0. The fraction of sp³-hybridized carbons (Fsp3) is 0.125. The Hall–Kier alpha value is -2.96. The minimum atomic E-state index is -0.400. The standard InChI is InChI=1S/C24H19N3OS2/c1-14-15(2)29-23-20(14)24(27-13-26-23)30-22(16-8-4-3-5-9-16)21(28)18-12-25-19-11-7-6-10-17(18)19/h3-13,22,25H,1-2H3/t22-/m1/s1. The minimum Gasteiger partial charge on any atom is -0.360 e. The van der Waals surface area contributed by atoms with Crippen LogP contribution in [0.25, 0.3) is 21.1 Å². The van der Waals surface area contributed by atoms with Crippen molar-refractivity contribution in [2.45, 2.75) is 24.1 Å². The van der Waals surface area contributed by atoms with Gasteiger partial charge in [0.15, 0.2) is 5.78 Å². The third-order valence-electron chi connectivity index (χ3n) is 5.36. The second kappa shape index (κ2) is 7.70. The number of nitrogens with one attached hydrogen (secondary N) is 1. The number of thiophene rings is 1. The zero-order chi connectivity index (χ0) is 20.7. The van der Waals surface area contributed by atoms with E-state index < -0.39 is 5.25 Å². The van der Waals surface area contributed by atoms with Crippen LogP contribution in [0.3, 0.4) is 0 Å². The topological polar surface area (TPSA) is 58.6 Å². The molecular formula is C24H19N3OS2. The third-order valence-corrected chi connectivity index (χ3v) is 7.73. The molecule has 30 heavy (non-hydrogen) atoms. The van der Waals surface area contributed by atoms with Crippen molar-refractivity contribution in [1.29, 1.82) is 0 Å². The van der Waals surface area contributed by atoms with Crippen molar-refractivity contribution >= 4 is 50.0 Å². The average molecular weight is 430 g/mol.